The molecule has 0 aliphatic rings. The van der Waals surface area contributed by atoms with Crippen molar-refractivity contribution in [2.75, 3.05) is 0 Å². The summed E-state index contributed by atoms with van der Waals surface area (Å²) in [6, 6.07) is 53.0. The molecule has 0 bridgehead atoms. The minimum absolute atomic E-state index is 1.25. The van der Waals surface area contributed by atoms with Gasteiger partial charge < -0.3 is 0 Å². The Balaban J connectivity index is 1.48. The van der Waals surface area contributed by atoms with Crippen molar-refractivity contribution in [2.45, 2.75) is 0 Å². The Morgan fingerprint density at radius 3 is 1.33 bits per heavy atom. The fraction of sp³-hybridized carbons (Fsp3) is 0. The lowest BCUT2D eigenvalue weighted by atomic mass is 9.90. The van der Waals surface area contributed by atoms with Crippen LogP contribution in [-0.4, -0.2) is 0 Å². The molecule has 0 fully saturated rings. The van der Waals surface area contributed by atoms with Gasteiger partial charge in [0.1, 0.15) is 0 Å². The maximum absolute atomic E-state index is 2.31. The van der Waals surface area contributed by atoms with Crippen LogP contribution in [0.15, 0.2) is 146 Å². The molecule has 0 aliphatic carbocycles. The van der Waals surface area contributed by atoms with E-state index in [1.807, 2.05) is 11.3 Å². The summed E-state index contributed by atoms with van der Waals surface area (Å²) in [6.45, 7) is 0. The minimum atomic E-state index is 1.25. The second-order valence-electron chi connectivity index (χ2n) is 10.0. The number of fused-ring (bicyclic) bond motifs is 7. The van der Waals surface area contributed by atoms with Crippen molar-refractivity contribution in [1.82, 2.24) is 0 Å². The number of thiophene rings is 1. The van der Waals surface area contributed by atoms with Crippen molar-refractivity contribution in [3.05, 3.63) is 146 Å². The Labute approximate surface area is 231 Å². The molecule has 0 radical (unpaired) electrons. The first-order chi connectivity index (χ1) is 19.4. The number of benzene rings is 7. The topological polar surface area (TPSA) is 0 Å². The van der Waals surface area contributed by atoms with Crippen LogP contribution in [0.25, 0.3) is 75.1 Å². The number of hydrogen-bond acceptors (Lipinski definition) is 1. The van der Waals surface area contributed by atoms with Crippen molar-refractivity contribution < 1.29 is 0 Å². The van der Waals surface area contributed by atoms with Crippen molar-refractivity contribution >= 4 is 54.4 Å². The van der Waals surface area contributed by atoms with Crippen LogP contribution in [0.5, 0.6) is 0 Å². The lowest BCUT2D eigenvalue weighted by Gasteiger charge is -2.13. The standard InChI is InChI=1S/C38H24S/c1-2-13-25(14-3-1)26-15-4-9-20-32(26)37-33-21-10-11-22-34(33)38(39-37)35-24-12-23-31-29-17-6-5-16-27(29)28-18-7-8-19-30(28)36(31)35/h1-24H. The van der Waals surface area contributed by atoms with Gasteiger partial charge in [-0.3, -0.25) is 0 Å². The SMILES string of the molecule is c1ccc(-c2ccccc2-c2sc(-c3cccc4c5ccccc5c5ccccc5c34)c3ccccc23)cc1. The van der Waals surface area contributed by atoms with Crippen LogP contribution in [0.2, 0.25) is 0 Å². The van der Waals surface area contributed by atoms with Gasteiger partial charge in [-0.1, -0.05) is 146 Å². The minimum Gasteiger partial charge on any atom is -0.134 e. The van der Waals surface area contributed by atoms with Gasteiger partial charge in [-0.2, -0.15) is 0 Å². The maximum Gasteiger partial charge on any atom is 0.0434 e. The van der Waals surface area contributed by atoms with Gasteiger partial charge in [-0.05, 0) is 43.4 Å². The van der Waals surface area contributed by atoms with E-state index in [1.165, 1.54) is 75.1 Å². The molecule has 8 rings (SSSR count). The van der Waals surface area contributed by atoms with Gasteiger partial charge in [-0.15, -0.1) is 11.3 Å². The van der Waals surface area contributed by atoms with E-state index in [4.69, 9.17) is 0 Å². The molecule has 0 aliphatic heterocycles. The molecular weight excluding hydrogens is 488 g/mol. The highest BCUT2D eigenvalue weighted by molar-refractivity contribution is 7.21. The molecule has 7 aromatic carbocycles. The lowest BCUT2D eigenvalue weighted by molar-refractivity contribution is 1.62. The molecule has 182 valence electrons. The molecule has 0 amide bonds. The van der Waals surface area contributed by atoms with Crippen LogP contribution in [0.1, 0.15) is 0 Å². The van der Waals surface area contributed by atoms with Crippen LogP contribution in [0.3, 0.4) is 0 Å². The second-order valence-corrected chi connectivity index (χ2v) is 11.1. The maximum atomic E-state index is 2.31. The molecule has 0 saturated carbocycles. The zero-order valence-electron chi connectivity index (χ0n) is 21.3. The summed E-state index contributed by atoms with van der Waals surface area (Å²) in [6.07, 6.45) is 0. The molecule has 0 saturated heterocycles. The third kappa shape index (κ3) is 3.44. The Bertz CT molecular complexity index is 2120. The van der Waals surface area contributed by atoms with Gasteiger partial charge in [0.05, 0.1) is 0 Å². The van der Waals surface area contributed by atoms with Crippen LogP contribution < -0.4 is 0 Å². The van der Waals surface area contributed by atoms with E-state index in [9.17, 15) is 0 Å². The van der Waals surface area contributed by atoms with E-state index in [-0.39, 0.29) is 0 Å². The normalized spacial score (nSPS) is 11.6. The summed E-state index contributed by atoms with van der Waals surface area (Å²) in [5.74, 6) is 0. The van der Waals surface area contributed by atoms with Crippen molar-refractivity contribution in [3.63, 3.8) is 0 Å². The van der Waals surface area contributed by atoms with Crippen molar-refractivity contribution in [2.24, 2.45) is 0 Å². The van der Waals surface area contributed by atoms with Gasteiger partial charge in [0.2, 0.25) is 0 Å². The van der Waals surface area contributed by atoms with Crippen molar-refractivity contribution in [1.29, 1.82) is 0 Å². The Kier molecular flexibility index (Phi) is 5.11. The summed E-state index contributed by atoms with van der Waals surface area (Å²) in [7, 11) is 0. The largest absolute Gasteiger partial charge is 0.134 e. The van der Waals surface area contributed by atoms with Crippen LogP contribution in [-0.2, 0) is 0 Å². The van der Waals surface area contributed by atoms with E-state index in [1.54, 1.807) is 0 Å². The molecule has 0 atom stereocenters. The summed E-state index contributed by atoms with van der Waals surface area (Å²) >= 11 is 1.92. The molecule has 0 unspecified atom stereocenters. The Morgan fingerprint density at radius 2 is 0.692 bits per heavy atom. The van der Waals surface area contributed by atoms with E-state index in [0.29, 0.717) is 0 Å². The third-order valence-electron chi connectivity index (χ3n) is 7.89. The summed E-state index contributed by atoms with van der Waals surface area (Å²) < 4.78 is 0. The zero-order chi connectivity index (χ0) is 25.8. The molecule has 0 nitrogen and oxygen atoms in total. The molecule has 0 N–H and O–H groups in total. The van der Waals surface area contributed by atoms with Gasteiger partial charge in [0, 0.05) is 31.7 Å². The Morgan fingerprint density at radius 1 is 0.282 bits per heavy atom. The molecular formula is C38H24S. The fourth-order valence-corrected chi connectivity index (χ4v) is 7.53. The average Bonchev–Trinajstić information content (AvgIpc) is 3.41. The first-order valence-electron chi connectivity index (χ1n) is 13.4. The number of rotatable bonds is 3. The molecule has 8 aromatic rings. The molecule has 0 spiro atoms. The predicted octanol–water partition coefficient (Wildman–Crippen LogP) is 11.4. The van der Waals surface area contributed by atoms with Gasteiger partial charge in [-0.25, -0.2) is 0 Å². The highest BCUT2D eigenvalue weighted by atomic mass is 32.1. The molecule has 1 aromatic heterocycles. The van der Waals surface area contributed by atoms with Crippen LogP contribution >= 0.6 is 11.3 Å². The van der Waals surface area contributed by atoms with Crippen LogP contribution in [0.4, 0.5) is 0 Å². The quantitative estimate of drug-likeness (QED) is 0.207. The fourth-order valence-electron chi connectivity index (χ4n) is 6.19. The third-order valence-corrected chi connectivity index (χ3v) is 9.18. The molecule has 1 heteroatoms. The van der Waals surface area contributed by atoms with E-state index < -0.39 is 0 Å². The Hall–Kier alpha value is -4.72. The van der Waals surface area contributed by atoms with E-state index >= 15 is 0 Å². The zero-order valence-corrected chi connectivity index (χ0v) is 22.1. The van der Waals surface area contributed by atoms with Gasteiger partial charge in [0.25, 0.3) is 0 Å². The second kappa shape index (κ2) is 8.94. The summed E-state index contributed by atoms with van der Waals surface area (Å²) in [5, 5.41) is 10.5. The molecule has 39 heavy (non-hydrogen) atoms. The first-order valence-corrected chi connectivity index (χ1v) is 14.2. The van der Waals surface area contributed by atoms with Gasteiger partial charge in [0.15, 0.2) is 0 Å². The van der Waals surface area contributed by atoms with Crippen LogP contribution in [0, 0.1) is 0 Å². The van der Waals surface area contributed by atoms with E-state index in [0.717, 1.165) is 0 Å². The lowest BCUT2D eigenvalue weighted by Crippen LogP contribution is -1.86. The average molecular weight is 513 g/mol. The first kappa shape index (κ1) is 22.3. The van der Waals surface area contributed by atoms with Crippen molar-refractivity contribution in [3.8, 4) is 32.0 Å². The molecule has 1 heterocycles. The number of hydrogen-bond donors (Lipinski definition) is 0. The van der Waals surface area contributed by atoms with E-state index in [2.05, 4.69) is 146 Å². The smallest absolute Gasteiger partial charge is 0.0434 e. The summed E-state index contributed by atoms with van der Waals surface area (Å²) in [4.78, 5) is 2.65. The monoisotopic (exact) mass is 512 g/mol. The highest BCUT2D eigenvalue weighted by Crippen LogP contribution is 2.49. The predicted molar refractivity (Wildman–Crippen MR) is 171 cm³/mol. The highest BCUT2D eigenvalue weighted by Gasteiger charge is 2.20. The summed E-state index contributed by atoms with van der Waals surface area (Å²) in [5.41, 5.74) is 5.10. The van der Waals surface area contributed by atoms with Gasteiger partial charge >= 0.3 is 0 Å².